The number of aromatic nitrogens is 2. The molecule has 0 aliphatic heterocycles. The molecule has 0 aliphatic carbocycles. The van der Waals surface area contributed by atoms with Gasteiger partial charge in [0.1, 0.15) is 5.75 Å². The summed E-state index contributed by atoms with van der Waals surface area (Å²) in [6.07, 6.45) is 1.99. The van der Waals surface area contributed by atoms with Crippen molar-refractivity contribution >= 4 is 5.91 Å². The average molecular weight is 301 g/mol. The van der Waals surface area contributed by atoms with Crippen molar-refractivity contribution in [3.05, 3.63) is 47.3 Å². The number of ether oxygens (including phenoxy) is 1. The molecule has 0 spiro atoms. The van der Waals surface area contributed by atoms with Crippen LogP contribution in [0, 0.1) is 6.92 Å². The highest BCUT2D eigenvalue weighted by molar-refractivity contribution is 5.76. The summed E-state index contributed by atoms with van der Waals surface area (Å²) in [6, 6.07) is 9.85. The van der Waals surface area contributed by atoms with Crippen LogP contribution >= 0.6 is 0 Å². The van der Waals surface area contributed by atoms with Crippen molar-refractivity contribution in [2.24, 2.45) is 7.05 Å². The van der Waals surface area contributed by atoms with Gasteiger partial charge in [-0.1, -0.05) is 12.1 Å². The number of hydrogen-bond donors (Lipinski definition) is 1. The molecule has 22 heavy (non-hydrogen) atoms. The van der Waals surface area contributed by atoms with Crippen molar-refractivity contribution in [1.29, 1.82) is 0 Å². The van der Waals surface area contributed by atoms with E-state index in [0.29, 0.717) is 13.0 Å². The number of aryl methyl sites for hydroxylation is 3. The highest BCUT2D eigenvalue weighted by Crippen LogP contribution is 2.12. The molecular weight excluding hydrogens is 278 g/mol. The van der Waals surface area contributed by atoms with Crippen LogP contribution in [0.5, 0.6) is 5.75 Å². The Bertz CT molecular complexity index is 598. The molecule has 0 saturated carbocycles. The number of benzene rings is 1. The highest BCUT2D eigenvalue weighted by atomic mass is 16.5. The molecule has 0 fully saturated rings. The van der Waals surface area contributed by atoms with Crippen LogP contribution in [0.1, 0.15) is 23.4 Å². The van der Waals surface area contributed by atoms with Crippen LogP contribution < -0.4 is 10.1 Å². The predicted molar refractivity (Wildman–Crippen MR) is 86.0 cm³/mol. The van der Waals surface area contributed by atoms with E-state index in [1.807, 2.05) is 49.0 Å². The topological polar surface area (TPSA) is 56.1 Å². The Hall–Kier alpha value is -2.30. The second-order valence-electron chi connectivity index (χ2n) is 5.35. The van der Waals surface area contributed by atoms with Gasteiger partial charge in [-0.2, -0.15) is 5.10 Å². The summed E-state index contributed by atoms with van der Waals surface area (Å²) in [7, 11) is 3.57. The molecule has 0 atom stereocenters. The number of nitrogens with zero attached hydrogens (tertiary/aromatic N) is 2. The second-order valence-corrected chi connectivity index (χ2v) is 5.35. The predicted octanol–water partition coefficient (Wildman–Crippen LogP) is 2.03. The highest BCUT2D eigenvalue weighted by Gasteiger charge is 2.04. The summed E-state index contributed by atoms with van der Waals surface area (Å²) in [5.41, 5.74) is 3.27. The molecule has 0 bridgehead atoms. The van der Waals surface area contributed by atoms with Crippen LogP contribution in [-0.4, -0.2) is 29.3 Å². The summed E-state index contributed by atoms with van der Waals surface area (Å²) in [5.74, 6) is 0.905. The van der Waals surface area contributed by atoms with Gasteiger partial charge in [0, 0.05) is 32.1 Å². The Morgan fingerprint density at radius 3 is 2.59 bits per heavy atom. The molecule has 1 heterocycles. The molecular formula is C17H23N3O2. The van der Waals surface area contributed by atoms with Gasteiger partial charge in [0.25, 0.3) is 0 Å². The molecule has 5 heteroatoms. The molecule has 1 aromatic carbocycles. The molecule has 2 rings (SSSR count). The van der Waals surface area contributed by atoms with Crippen LogP contribution in [0.2, 0.25) is 0 Å². The summed E-state index contributed by atoms with van der Waals surface area (Å²) in [5, 5.41) is 7.31. The molecule has 1 amide bonds. The van der Waals surface area contributed by atoms with Gasteiger partial charge in [-0.3, -0.25) is 9.48 Å². The minimum Gasteiger partial charge on any atom is -0.497 e. The Labute approximate surface area is 131 Å². The van der Waals surface area contributed by atoms with Gasteiger partial charge in [0.15, 0.2) is 0 Å². The maximum Gasteiger partial charge on any atom is 0.220 e. The largest absolute Gasteiger partial charge is 0.497 e. The number of methoxy groups -OCH3 is 1. The average Bonchev–Trinajstić information content (AvgIpc) is 2.84. The van der Waals surface area contributed by atoms with Crippen molar-refractivity contribution in [2.45, 2.75) is 26.2 Å². The van der Waals surface area contributed by atoms with E-state index >= 15 is 0 Å². The Morgan fingerprint density at radius 2 is 2.00 bits per heavy atom. The number of carbonyl (C=O) groups excluding carboxylic acids is 1. The van der Waals surface area contributed by atoms with E-state index in [1.165, 1.54) is 0 Å². The standard InChI is InChI=1S/C17H23N3O2/c1-13-12-15(19-20(13)2)10-11-18-17(21)9-6-14-4-7-16(22-3)8-5-14/h4-5,7-8,12H,6,9-11H2,1-3H3,(H,18,21). The minimum absolute atomic E-state index is 0.0727. The van der Waals surface area contributed by atoms with Gasteiger partial charge in [-0.05, 0) is 37.1 Å². The fourth-order valence-corrected chi connectivity index (χ4v) is 2.23. The van der Waals surface area contributed by atoms with Crippen molar-refractivity contribution < 1.29 is 9.53 Å². The van der Waals surface area contributed by atoms with E-state index in [2.05, 4.69) is 10.4 Å². The minimum atomic E-state index is 0.0727. The van der Waals surface area contributed by atoms with Crippen LogP contribution in [0.4, 0.5) is 0 Å². The zero-order valence-corrected chi connectivity index (χ0v) is 13.4. The molecule has 1 aromatic heterocycles. The van der Waals surface area contributed by atoms with Crippen molar-refractivity contribution in [3.8, 4) is 5.75 Å². The van der Waals surface area contributed by atoms with E-state index < -0.39 is 0 Å². The van der Waals surface area contributed by atoms with E-state index in [9.17, 15) is 4.79 Å². The third-order valence-electron chi connectivity index (χ3n) is 3.67. The SMILES string of the molecule is COc1ccc(CCC(=O)NCCc2cc(C)n(C)n2)cc1. The Balaban J connectivity index is 1.69. The maximum absolute atomic E-state index is 11.8. The molecule has 0 saturated heterocycles. The van der Waals surface area contributed by atoms with E-state index in [-0.39, 0.29) is 5.91 Å². The fraction of sp³-hybridized carbons (Fsp3) is 0.412. The van der Waals surface area contributed by atoms with Gasteiger partial charge in [0.05, 0.1) is 12.8 Å². The van der Waals surface area contributed by atoms with Crippen molar-refractivity contribution in [3.63, 3.8) is 0 Å². The normalized spacial score (nSPS) is 10.5. The lowest BCUT2D eigenvalue weighted by Gasteiger charge is -2.05. The van der Waals surface area contributed by atoms with Crippen molar-refractivity contribution in [2.75, 3.05) is 13.7 Å². The summed E-state index contributed by atoms with van der Waals surface area (Å²) >= 11 is 0. The summed E-state index contributed by atoms with van der Waals surface area (Å²) < 4.78 is 6.96. The van der Waals surface area contributed by atoms with Crippen LogP contribution in [0.3, 0.4) is 0 Å². The molecule has 2 aromatic rings. The van der Waals surface area contributed by atoms with Crippen LogP contribution in [0.15, 0.2) is 30.3 Å². The zero-order valence-electron chi connectivity index (χ0n) is 13.4. The Kier molecular flexibility index (Phi) is 5.58. The first-order valence-electron chi connectivity index (χ1n) is 7.47. The van der Waals surface area contributed by atoms with Gasteiger partial charge >= 0.3 is 0 Å². The van der Waals surface area contributed by atoms with E-state index in [4.69, 9.17) is 4.74 Å². The van der Waals surface area contributed by atoms with Gasteiger partial charge in [0.2, 0.25) is 5.91 Å². The first-order chi connectivity index (χ1) is 10.6. The van der Waals surface area contributed by atoms with Gasteiger partial charge in [-0.25, -0.2) is 0 Å². The molecule has 0 aliphatic rings. The second kappa shape index (κ2) is 7.64. The van der Waals surface area contributed by atoms with E-state index in [0.717, 1.165) is 35.5 Å². The molecule has 0 radical (unpaired) electrons. The first-order valence-corrected chi connectivity index (χ1v) is 7.47. The maximum atomic E-state index is 11.8. The quantitative estimate of drug-likeness (QED) is 0.851. The van der Waals surface area contributed by atoms with E-state index in [1.54, 1.807) is 7.11 Å². The zero-order chi connectivity index (χ0) is 15.9. The van der Waals surface area contributed by atoms with Gasteiger partial charge in [-0.15, -0.1) is 0 Å². The lowest BCUT2D eigenvalue weighted by molar-refractivity contribution is -0.121. The lowest BCUT2D eigenvalue weighted by Crippen LogP contribution is -2.26. The fourth-order valence-electron chi connectivity index (χ4n) is 2.23. The molecule has 1 N–H and O–H groups in total. The third-order valence-corrected chi connectivity index (χ3v) is 3.67. The molecule has 118 valence electrons. The summed E-state index contributed by atoms with van der Waals surface area (Å²) in [6.45, 7) is 2.64. The number of amides is 1. The lowest BCUT2D eigenvalue weighted by atomic mass is 10.1. The Morgan fingerprint density at radius 1 is 1.27 bits per heavy atom. The third kappa shape index (κ3) is 4.62. The smallest absolute Gasteiger partial charge is 0.220 e. The number of hydrogen-bond acceptors (Lipinski definition) is 3. The van der Waals surface area contributed by atoms with Crippen LogP contribution in [-0.2, 0) is 24.7 Å². The summed E-state index contributed by atoms with van der Waals surface area (Å²) in [4.78, 5) is 11.8. The number of carbonyl (C=O) groups is 1. The monoisotopic (exact) mass is 301 g/mol. The molecule has 5 nitrogen and oxygen atoms in total. The molecule has 0 unspecified atom stereocenters. The van der Waals surface area contributed by atoms with Crippen LogP contribution in [0.25, 0.3) is 0 Å². The number of rotatable bonds is 7. The first kappa shape index (κ1) is 16.1. The van der Waals surface area contributed by atoms with Crippen molar-refractivity contribution in [1.82, 2.24) is 15.1 Å². The van der Waals surface area contributed by atoms with Gasteiger partial charge < -0.3 is 10.1 Å². The number of nitrogens with one attached hydrogen (secondary N) is 1.